The summed E-state index contributed by atoms with van der Waals surface area (Å²) in [5, 5.41) is 0. The van der Waals surface area contributed by atoms with E-state index in [4.69, 9.17) is 4.74 Å². The molecule has 5 nitrogen and oxygen atoms in total. The Morgan fingerprint density at radius 3 is 2.39 bits per heavy atom. The van der Waals surface area contributed by atoms with Gasteiger partial charge >= 0.3 is 0 Å². The van der Waals surface area contributed by atoms with E-state index in [9.17, 15) is 14.4 Å². The van der Waals surface area contributed by atoms with Gasteiger partial charge in [0.05, 0.1) is 12.0 Å². The monoisotopic (exact) mass is 256 g/mol. The summed E-state index contributed by atoms with van der Waals surface area (Å²) in [6.45, 7) is 2.13. The summed E-state index contributed by atoms with van der Waals surface area (Å²) in [4.78, 5) is 34.9. The lowest BCUT2D eigenvalue weighted by molar-refractivity contribution is -0.134. The van der Waals surface area contributed by atoms with E-state index < -0.39 is 5.41 Å². The Bertz CT molecular complexity index is 318. The first-order chi connectivity index (χ1) is 8.50. The van der Waals surface area contributed by atoms with E-state index in [0.717, 1.165) is 0 Å². The third kappa shape index (κ3) is 3.71. The predicted molar refractivity (Wildman–Crippen MR) is 64.0 cm³/mol. The fraction of sp³-hybridized carbons (Fsp3) is 0.769. The molecule has 0 spiro atoms. The standard InChI is InChI=1S/C13H20O5/c1-13(11(15)3-4-12(13)16)7-5-10(14)6-8-18-9-17-2/h3-9H2,1-2H3. The molecule has 0 radical (unpaired) electrons. The molecule has 0 atom stereocenters. The van der Waals surface area contributed by atoms with Gasteiger partial charge in [-0.25, -0.2) is 0 Å². The van der Waals surface area contributed by atoms with Crippen molar-refractivity contribution in [2.24, 2.45) is 5.41 Å². The van der Waals surface area contributed by atoms with Crippen LogP contribution in [0.3, 0.4) is 0 Å². The maximum atomic E-state index is 11.6. The van der Waals surface area contributed by atoms with Gasteiger partial charge < -0.3 is 9.47 Å². The van der Waals surface area contributed by atoms with Crippen LogP contribution in [0.1, 0.15) is 39.0 Å². The second kappa shape index (κ2) is 6.75. The fourth-order valence-electron chi connectivity index (χ4n) is 2.06. The molecule has 0 aliphatic heterocycles. The number of ether oxygens (including phenoxy) is 2. The van der Waals surface area contributed by atoms with Crippen molar-refractivity contribution in [2.45, 2.75) is 39.0 Å². The Kier molecular flexibility index (Phi) is 5.62. The van der Waals surface area contributed by atoms with Gasteiger partial charge in [-0.1, -0.05) is 0 Å². The first-order valence-electron chi connectivity index (χ1n) is 6.15. The minimum atomic E-state index is -0.928. The summed E-state index contributed by atoms with van der Waals surface area (Å²) in [6, 6.07) is 0. The van der Waals surface area contributed by atoms with Crippen LogP contribution in [0, 0.1) is 5.41 Å². The van der Waals surface area contributed by atoms with Gasteiger partial charge in [0.15, 0.2) is 0 Å². The summed E-state index contributed by atoms with van der Waals surface area (Å²) < 4.78 is 9.70. The first-order valence-corrected chi connectivity index (χ1v) is 6.15. The Morgan fingerprint density at radius 1 is 1.22 bits per heavy atom. The highest BCUT2D eigenvalue weighted by Crippen LogP contribution is 2.35. The van der Waals surface area contributed by atoms with Crippen molar-refractivity contribution in [1.82, 2.24) is 0 Å². The maximum absolute atomic E-state index is 11.6. The van der Waals surface area contributed by atoms with Crippen molar-refractivity contribution in [3.8, 4) is 0 Å². The Hall–Kier alpha value is -1.07. The number of hydrogen-bond acceptors (Lipinski definition) is 5. The van der Waals surface area contributed by atoms with Crippen LogP contribution in [0.15, 0.2) is 0 Å². The van der Waals surface area contributed by atoms with Crippen LogP contribution in [-0.2, 0) is 23.9 Å². The number of Topliss-reactive ketones (excluding diaryl/α,β-unsaturated/α-hetero) is 3. The largest absolute Gasteiger partial charge is 0.359 e. The minimum Gasteiger partial charge on any atom is -0.359 e. The third-order valence-electron chi connectivity index (χ3n) is 3.44. The molecule has 18 heavy (non-hydrogen) atoms. The number of carbonyl (C=O) groups is 3. The molecule has 1 fully saturated rings. The molecule has 1 saturated carbocycles. The predicted octanol–water partition coefficient (Wildman–Crippen LogP) is 1.28. The second-order valence-corrected chi connectivity index (χ2v) is 4.78. The fourth-order valence-corrected chi connectivity index (χ4v) is 2.06. The maximum Gasteiger partial charge on any atom is 0.146 e. The van der Waals surface area contributed by atoms with Crippen LogP contribution in [0.5, 0.6) is 0 Å². The molecule has 1 rings (SSSR count). The van der Waals surface area contributed by atoms with Crippen molar-refractivity contribution < 1.29 is 23.9 Å². The van der Waals surface area contributed by atoms with E-state index in [2.05, 4.69) is 4.74 Å². The molecule has 0 N–H and O–H groups in total. The molecule has 1 aliphatic carbocycles. The van der Waals surface area contributed by atoms with E-state index in [0.29, 0.717) is 32.3 Å². The summed E-state index contributed by atoms with van der Waals surface area (Å²) in [6.07, 6.45) is 1.51. The highest BCUT2D eigenvalue weighted by atomic mass is 16.7. The molecule has 0 bridgehead atoms. The topological polar surface area (TPSA) is 69.7 Å². The Morgan fingerprint density at radius 2 is 1.83 bits per heavy atom. The van der Waals surface area contributed by atoms with Gasteiger partial charge in [-0.15, -0.1) is 0 Å². The molecule has 0 unspecified atom stereocenters. The number of hydrogen-bond donors (Lipinski definition) is 0. The van der Waals surface area contributed by atoms with E-state index in [1.165, 1.54) is 7.11 Å². The zero-order chi connectivity index (χ0) is 13.6. The van der Waals surface area contributed by atoms with Gasteiger partial charge in [-0.05, 0) is 13.3 Å². The number of ketones is 3. The number of carbonyl (C=O) groups excluding carboxylic acids is 3. The van der Waals surface area contributed by atoms with Gasteiger partial charge in [-0.3, -0.25) is 14.4 Å². The number of rotatable bonds is 8. The van der Waals surface area contributed by atoms with Crippen LogP contribution >= 0.6 is 0 Å². The van der Waals surface area contributed by atoms with Crippen molar-refractivity contribution in [3.63, 3.8) is 0 Å². The van der Waals surface area contributed by atoms with E-state index in [-0.39, 0.29) is 30.6 Å². The molecule has 0 aromatic heterocycles. The molecule has 0 aromatic rings. The van der Waals surface area contributed by atoms with Crippen LogP contribution in [-0.4, -0.2) is 37.9 Å². The molecule has 0 heterocycles. The van der Waals surface area contributed by atoms with Crippen LogP contribution in [0.4, 0.5) is 0 Å². The van der Waals surface area contributed by atoms with Crippen molar-refractivity contribution in [3.05, 3.63) is 0 Å². The Balaban J connectivity index is 2.29. The minimum absolute atomic E-state index is 0.0137. The van der Waals surface area contributed by atoms with Crippen LogP contribution in [0.2, 0.25) is 0 Å². The van der Waals surface area contributed by atoms with Gasteiger partial charge in [0.25, 0.3) is 0 Å². The first kappa shape index (κ1) is 15.0. The summed E-state index contributed by atoms with van der Waals surface area (Å²) in [5.74, 6) is -0.0494. The van der Waals surface area contributed by atoms with Crippen molar-refractivity contribution in [2.75, 3.05) is 20.5 Å². The van der Waals surface area contributed by atoms with E-state index >= 15 is 0 Å². The zero-order valence-electron chi connectivity index (χ0n) is 11.0. The summed E-state index contributed by atoms with van der Waals surface area (Å²) in [5.41, 5.74) is -0.928. The molecular formula is C13H20O5. The summed E-state index contributed by atoms with van der Waals surface area (Å²) >= 11 is 0. The lowest BCUT2D eigenvalue weighted by Gasteiger charge is -2.19. The van der Waals surface area contributed by atoms with Crippen LogP contribution < -0.4 is 0 Å². The van der Waals surface area contributed by atoms with E-state index in [1.54, 1.807) is 6.92 Å². The van der Waals surface area contributed by atoms with Gasteiger partial charge in [-0.2, -0.15) is 0 Å². The number of methoxy groups -OCH3 is 1. The van der Waals surface area contributed by atoms with Crippen LogP contribution in [0.25, 0.3) is 0 Å². The molecule has 0 saturated heterocycles. The van der Waals surface area contributed by atoms with Gasteiger partial charge in [0.1, 0.15) is 24.1 Å². The lowest BCUT2D eigenvalue weighted by atomic mass is 9.81. The molecule has 0 amide bonds. The molecular weight excluding hydrogens is 236 g/mol. The van der Waals surface area contributed by atoms with Crippen molar-refractivity contribution in [1.29, 1.82) is 0 Å². The zero-order valence-corrected chi connectivity index (χ0v) is 11.0. The van der Waals surface area contributed by atoms with Gasteiger partial charge in [0, 0.05) is 32.8 Å². The highest BCUT2D eigenvalue weighted by molar-refractivity contribution is 6.12. The quantitative estimate of drug-likeness (QED) is 0.372. The molecule has 0 aromatic carbocycles. The highest BCUT2D eigenvalue weighted by Gasteiger charge is 2.44. The average molecular weight is 256 g/mol. The summed E-state index contributed by atoms with van der Waals surface area (Å²) in [7, 11) is 1.51. The average Bonchev–Trinajstić information content (AvgIpc) is 2.61. The Labute approximate surface area is 107 Å². The SMILES string of the molecule is COCOCCC(=O)CCC1(C)C(=O)CCC1=O. The smallest absolute Gasteiger partial charge is 0.146 e. The third-order valence-corrected chi connectivity index (χ3v) is 3.44. The molecule has 102 valence electrons. The lowest BCUT2D eigenvalue weighted by Crippen LogP contribution is -2.30. The molecule has 5 heteroatoms. The normalized spacial score (nSPS) is 18.3. The second-order valence-electron chi connectivity index (χ2n) is 4.78. The molecule has 1 aliphatic rings. The van der Waals surface area contributed by atoms with E-state index in [1.807, 2.05) is 0 Å². The van der Waals surface area contributed by atoms with Gasteiger partial charge in [0.2, 0.25) is 0 Å². The van der Waals surface area contributed by atoms with Crippen molar-refractivity contribution >= 4 is 17.3 Å².